The molecule has 108 valence electrons. The molecule has 3 N–H and O–H groups in total. The predicted octanol–water partition coefficient (Wildman–Crippen LogP) is 1.94. The summed E-state index contributed by atoms with van der Waals surface area (Å²) in [6.07, 6.45) is 6.94. The molecule has 0 aromatic rings. The van der Waals surface area contributed by atoms with Crippen molar-refractivity contribution in [3.8, 4) is 0 Å². The fourth-order valence-electron chi connectivity index (χ4n) is 3.46. The summed E-state index contributed by atoms with van der Waals surface area (Å²) >= 11 is 0. The second-order valence-corrected chi connectivity index (χ2v) is 6.26. The van der Waals surface area contributed by atoms with E-state index in [1.54, 1.807) is 0 Å². The Labute approximate surface area is 114 Å². The molecule has 0 aromatic carbocycles. The SMILES string of the molecule is CC1CCCC(N(C)C(=O)C2(C(N)=NO)CCC2)C1. The molecule has 2 aliphatic rings. The van der Waals surface area contributed by atoms with Gasteiger partial charge in [-0.05, 0) is 31.6 Å². The number of hydrogen-bond donors (Lipinski definition) is 2. The Balaban J connectivity index is 2.09. The Bertz CT molecular complexity index is 377. The fraction of sp³-hybridized carbons (Fsp3) is 0.857. The third-order valence-electron chi connectivity index (χ3n) is 4.99. The molecule has 2 unspecified atom stereocenters. The van der Waals surface area contributed by atoms with Gasteiger partial charge in [-0.1, -0.05) is 31.3 Å². The molecule has 0 heterocycles. The maximum Gasteiger partial charge on any atom is 0.236 e. The molecule has 5 nitrogen and oxygen atoms in total. The monoisotopic (exact) mass is 267 g/mol. The van der Waals surface area contributed by atoms with E-state index in [1.165, 1.54) is 12.8 Å². The van der Waals surface area contributed by atoms with Crippen molar-refractivity contribution in [2.24, 2.45) is 22.2 Å². The summed E-state index contributed by atoms with van der Waals surface area (Å²) in [4.78, 5) is 14.6. The molecule has 0 aliphatic heterocycles. The van der Waals surface area contributed by atoms with Crippen LogP contribution in [0.1, 0.15) is 51.9 Å². The molecule has 0 radical (unpaired) electrons. The van der Waals surface area contributed by atoms with Crippen LogP contribution in [0.15, 0.2) is 5.16 Å². The van der Waals surface area contributed by atoms with Crippen molar-refractivity contribution in [3.05, 3.63) is 0 Å². The van der Waals surface area contributed by atoms with Crippen molar-refractivity contribution in [3.63, 3.8) is 0 Å². The van der Waals surface area contributed by atoms with Gasteiger partial charge < -0.3 is 15.8 Å². The van der Waals surface area contributed by atoms with Crippen LogP contribution < -0.4 is 5.73 Å². The van der Waals surface area contributed by atoms with E-state index >= 15 is 0 Å². The first-order valence-electron chi connectivity index (χ1n) is 7.26. The van der Waals surface area contributed by atoms with Gasteiger partial charge in [0.25, 0.3) is 0 Å². The lowest BCUT2D eigenvalue weighted by molar-refractivity contribution is -0.143. The predicted molar refractivity (Wildman–Crippen MR) is 73.9 cm³/mol. The van der Waals surface area contributed by atoms with Crippen LogP contribution in [0.3, 0.4) is 0 Å². The first kappa shape index (κ1) is 14.2. The smallest absolute Gasteiger partial charge is 0.236 e. The van der Waals surface area contributed by atoms with E-state index < -0.39 is 5.41 Å². The third kappa shape index (κ3) is 2.42. The summed E-state index contributed by atoms with van der Waals surface area (Å²) in [6, 6.07) is 0.306. The van der Waals surface area contributed by atoms with Crippen molar-refractivity contribution < 1.29 is 10.0 Å². The van der Waals surface area contributed by atoms with Gasteiger partial charge in [-0.25, -0.2) is 0 Å². The fourth-order valence-corrected chi connectivity index (χ4v) is 3.46. The minimum atomic E-state index is -0.732. The Morgan fingerprint density at radius 3 is 2.53 bits per heavy atom. The Hall–Kier alpha value is -1.26. The largest absolute Gasteiger partial charge is 0.409 e. The molecule has 2 aliphatic carbocycles. The standard InChI is InChI=1S/C14H25N3O2/c1-10-5-3-6-11(9-10)17(2)13(18)14(7-4-8-14)12(15)16-19/h10-11,19H,3-9H2,1-2H3,(H2,15,16). The molecule has 1 amide bonds. The zero-order chi connectivity index (χ0) is 14.0. The maximum atomic E-state index is 12.7. The van der Waals surface area contributed by atoms with Crippen molar-refractivity contribution in [2.45, 2.75) is 57.9 Å². The molecule has 2 saturated carbocycles. The maximum absolute atomic E-state index is 12.7. The number of nitrogens with zero attached hydrogens (tertiary/aromatic N) is 2. The lowest BCUT2D eigenvalue weighted by Crippen LogP contribution is -2.56. The van der Waals surface area contributed by atoms with Crippen LogP contribution in [-0.4, -0.2) is 34.9 Å². The van der Waals surface area contributed by atoms with E-state index in [9.17, 15) is 4.79 Å². The lowest BCUT2D eigenvalue weighted by Gasteiger charge is -2.44. The van der Waals surface area contributed by atoms with Gasteiger partial charge >= 0.3 is 0 Å². The molecular formula is C14H25N3O2. The van der Waals surface area contributed by atoms with Gasteiger partial charge in [-0.3, -0.25) is 4.79 Å². The molecule has 2 rings (SSSR count). The van der Waals surface area contributed by atoms with Crippen molar-refractivity contribution in [1.82, 2.24) is 4.90 Å². The minimum absolute atomic E-state index is 0.0353. The molecular weight excluding hydrogens is 242 g/mol. The van der Waals surface area contributed by atoms with Crippen LogP contribution in [0.2, 0.25) is 0 Å². The van der Waals surface area contributed by atoms with Crippen LogP contribution in [0.4, 0.5) is 0 Å². The van der Waals surface area contributed by atoms with Crippen molar-refractivity contribution in [1.29, 1.82) is 0 Å². The minimum Gasteiger partial charge on any atom is -0.409 e. The summed E-state index contributed by atoms with van der Waals surface area (Å²) in [5.74, 6) is 0.794. The summed E-state index contributed by atoms with van der Waals surface area (Å²) in [6.45, 7) is 2.24. The second kappa shape index (κ2) is 5.39. The second-order valence-electron chi connectivity index (χ2n) is 6.26. The number of oxime groups is 1. The van der Waals surface area contributed by atoms with Crippen LogP contribution in [0.5, 0.6) is 0 Å². The van der Waals surface area contributed by atoms with E-state index in [0.29, 0.717) is 24.8 Å². The summed E-state index contributed by atoms with van der Waals surface area (Å²) < 4.78 is 0. The average molecular weight is 267 g/mol. The lowest BCUT2D eigenvalue weighted by atomic mass is 9.66. The number of rotatable bonds is 3. The van der Waals surface area contributed by atoms with Gasteiger partial charge in [0.2, 0.25) is 5.91 Å². The van der Waals surface area contributed by atoms with E-state index in [-0.39, 0.29) is 11.7 Å². The number of nitrogens with two attached hydrogens (primary N) is 1. The number of carbonyl (C=O) groups is 1. The van der Waals surface area contributed by atoms with E-state index in [4.69, 9.17) is 10.9 Å². The highest BCUT2D eigenvalue weighted by molar-refractivity contribution is 6.07. The first-order valence-corrected chi connectivity index (χ1v) is 7.26. The molecule has 19 heavy (non-hydrogen) atoms. The molecule has 0 spiro atoms. The highest BCUT2D eigenvalue weighted by atomic mass is 16.4. The number of amidine groups is 1. The zero-order valence-electron chi connectivity index (χ0n) is 11.9. The van der Waals surface area contributed by atoms with Gasteiger partial charge in [-0.15, -0.1) is 0 Å². The van der Waals surface area contributed by atoms with Crippen LogP contribution >= 0.6 is 0 Å². The normalized spacial score (nSPS) is 30.5. The topological polar surface area (TPSA) is 78.9 Å². The van der Waals surface area contributed by atoms with Gasteiger partial charge in [0.15, 0.2) is 5.84 Å². The summed E-state index contributed by atoms with van der Waals surface area (Å²) in [5, 5.41) is 12.0. The molecule has 5 heteroatoms. The third-order valence-corrected chi connectivity index (χ3v) is 4.99. The zero-order valence-corrected chi connectivity index (χ0v) is 11.9. The highest BCUT2D eigenvalue weighted by Crippen LogP contribution is 2.43. The van der Waals surface area contributed by atoms with E-state index in [2.05, 4.69) is 12.1 Å². The first-order chi connectivity index (χ1) is 9.01. The quantitative estimate of drug-likeness (QED) is 0.355. The van der Waals surface area contributed by atoms with E-state index in [1.807, 2.05) is 11.9 Å². The number of hydrogen-bond acceptors (Lipinski definition) is 3. The summed E-state index contributed by atoms with van der Waals surface area (Å²) in [7, 11) is 1.87. The Kier molecular flexibility index (Phi) is 4.02. The number of amides is 1. The molecule has 2 atom stereocenters. The van der Waals surface area contributed by atoms with E-state index in [0.717, 1.165) is 19.3 Å². The van der Waals surface area contributed by atoms with Gasteiger partial charge in [0.05, 0.1) is 0 Å². The Morgan fingerprint density at radius 1 is 1.37 bits per heavy atom. The molecule has 0 saturated heterocycles. The molecule has 0 aromatic heterocycles. The highest BCUT2D eigenvalue weighted by Gasteiger charge is 2.50. The van der Waals surface area contributed by atoms with Gasteiger partial charge in [-0.2, -0.15) is 0 Å². The summed E-state index contributed by atoms with van der Waals surface area (Å²) in [5.41, 5.74) is 5.03. The Morgan fingerprint density at radius 2 is 2.05 bits per heavy atom. The van der Waals surface area contributed by atoms with Gasteiger partial charge in [0, 0.05) is 13.1 Å². The van der Waals surface area contributed by atoms with Gasteiger partial charge in [0.1, 0.15) is 5.41 Å². The van der Waals surface area contributed by atoms with Crippen LogP contribution in [-0.2, 0) is 4.79 Å². The molecule has 0 bridgehead atoms. The van der Waals surface area contributed by atoms with Crippen LogP contribution in [0, 0.1) is 11.3 Å². The molecule has 2 fully saturated rings. The van der Waals surface area contributed by atoms with Crippen molar-refractivity contribution in [2.75, 3.05) is 7.05 Å². The number of carbonyl (C=O) groups excluding carboxylic acids is 1. The van der Waals surface area contributed by atoms with Crippen molar-refractivity contribution >= 4 is 11.7 Å². The average Bonchev–Trinajstić information content (AvgIpc) is 2.36. The van der Waals surface area contributed by atoms with Crippen LogP contribution in [0.25, 0.3) is 0 Å².